The van der Waals surface area contributed by atoms with Crippen molar-refractivity contribution in [1.82, 2.24) is 4.98 Å². The molecule has 0 amide bonds. The smallest absolute Gasteiger partial charge is 0.395 e. The summed E-state index contributed by atoms with van der Waals surface area (Å²) in [4.78, 5) is 28.3. The molecule has 0 bridgehead atoms. The van der Waals surface area contributed by atoms with Gasteiger partial charge in [0.2, 0.25) is 0 Å². The van der Waals surface area contributed by atoms with Gasteiger partial charge in [-0.05, 0) is 36.8 Å². The van der Waals surface area contributed by atoms with Gasteiger partial charge in [0.1, 0.15) is 5.69 Å². The predicted molar refractivity (Wildman–Crippen MR) is 79.5 cm³/mol. The van der Waals surface area contributed by atoms with E-state index in [0.717, 1.165) is 5.56 Å². The summed E-state index contributed by atoms with van der Waals surface area (Å²) in [5.74, 6) is -0.915. The number of pyridine rings is 1. The standard InChI is InChI=1S/C17H13F2NO4/c1-10-3-2-8-20-16(10)13(22)6-5-12(21)11-4-7-14-15(9-11)24-17(18,19)23-14/h2-4,7-9H,5-6H2,1H3. The van der Waals surface area contributed by atoms with Gasteiger partial charge >= 0.3 is 6.29 Å². The third kappa shape index (κ3) is 3.24. The van der Waals surface area contributed by atoms with E-state index in [1.807, 2.05) is 0 Å². The quantitative estimate of drug-likeness (QED) is 0.783. The van der Waals surface area contributed by atoms with Gasteiger partial charge in [0.25, 0.3) is 0 Å². The molecule has 2 heterocycles. The first-order chi connectivity index (χ1) is 11.4. The fourth-order valence-electron chi connectivity index (χ4n) is 2.39. The topological polar surface area (TPSA) is 65.5 Å². The predicted octanol–water partition coefficient (Wildman–Crippen LogP) is 3.56. The Bertz CT molecular complexity index is 820. The maximum absolute atomic E-state index is 13.0. The van der Waals surface area contributed by atoms with Crippen molar-refractivity contribution >= 4 is 11.6 Å². The van der Waals surface area contributed by atoms with Crippen molar-refractivity contribution in [3.05, 3.63) is 53.3 Å². The van der Waals surface area contributed by atoms with E-state index in [9.17, 15) is 18.4 Å². The second-order valence-corrected chi connectivity index (χ2v) is 5.34. The van der Waals surface area contributed by atoms with Gasteiger partial charge in [-0.3, -0.25) is 14.6 Å². The molecule has 1 aromatic carbocycles. The van der Waals surface area contributed by atoms with E-state index in [-0.39, 0.29) is 41.5 Å². The maximum Gasteiger partial charge on any atom is 0.586 e. The first-order valence-corrected chi connectivity index (χ1v) is 7.23. The van der Waals surface area contributed by atoms with Crippen molar-refractivity contribution in [1.29, 1.82) is 0 Å². The van der Waals surface area contributed by atoms with Gasteiger partial charge in [0, 0.05) is 24.6 Å². The summed E-state index contributed by atoms with van der Waals surface area (Å²) in [6, 6.07) is 7.28. The Labute approximate surface area is 136 Å². The van der Waals surface area contributed by atoms with Crippen LogP contribution in [0.15, 0.2) is 36.5 Å². The van der Waals surface area contributed by atoms with Crippen molar-refractivity contribution in [2.24, 2.45) is 0 Å². The molecular formula is C17H13F2NO4. The van der Waals surface area contributed by atoms with Gasteiger partial charge in [-0.1, -0.05) is 6.07 Å². The number of rotatable bonds is 5. The number of alkyl halides is 2. The molecule has 7 heteroatoms. The van der Waals surface area contributed by atoms with Crippen LogP contribution in [0.3, 0.4) is 0 Å². The second kappa shape index (κ2) is 5.99. The van der Waals surface area contributed by atoms with Gasteiger partial charge in [-0.25, -0.2) is 0 Å². The van der Waals surface area contributed by atoms with E-state index >= 15 is 0 Å². The molecule has 0 N–H and O–H groups in total. The number of carbonyl (C=O) groups excluding carboxylic acids is 2. The van der Waals surface area contributed by atoms with E-state index in [4.69, 9.17) is 0 Å². The number of carbonyl (C=O) groups is 2. The van der Waals surface area contributed by atoms with Gasteiger partial charge < -0.3 is 9.47 Å². The Hall–Kier alpha value is -2.83. The summed E-state index contributed by atoms with van der Waals surface area (Å²) in [5.41, 5.74) is 1.25. The number of halogens is 2. The van der Waals surface area contributed by atoms with Crippen molar-refractivity contribution < 1.29 is 27.8 Å². The summed E-state index contributed by atoms with van der Waals surface area (Å²) in [5, 5.41) is 0. The average Bonchev–Trinajstić information content (AvgIpc) is 2.85. The number of nitrogens with zero attached hydrogens (tertiary/aromatic N) is 1. The summed E-state index contributed by atoms with van der Waals surface area (Å²) < 4.78 is 34.5. The van der Waals surface area contributed by atoms with Crippen molar-refractivity contribution in [3.8, 4) is 11.5 Å². The molecule has 124 valence electrons. The fraction of sp³-hybridized carbons (Fsp3) is 0.235. The van der Waals surface area contributed by atoms with Crippen LogP contribution in [0.4, 0.5) is 8.78 Å². The highest BCUT2D eigenvalue weighted by molar-refractivity contribution is 6.02. The molecule has 0 aliphatic carbocycles. The van der Waals surface area contributed by atoms with E-state index in [0.29, 0.717) is 5.69 Å². The lowest BCUT2D eigenvalue weighted by Gasteiger charge is -2.04. The van der Waals surface area contributed by atoms with Crippen LogP contribution in [0.1, 0.15) is 39.3 Å². The average molecular weight is 333 g/mol. The molecule has 1 aromatic heterocycles. The molecule has 0 radical (unpaired) electrons. The van der Waals surface area contributed by atoms with Gasteiger partial charge in [-0.2, -0.15) is 0 Å². The zero-order chi connectivity index (χ0) is 17.3. The van der Waals surface area contributed by atoms with E-state index in [1.54, 1.807) is 19.1 Å². The molecule has 0 unspecified atom stereocenters. The van der Waals surface area contributed by atoms with Gasteiger partial charge in [-0.15, -0.1) is 8.78 Å². The van der Waals surface area contributed by atoms with Crippen LogP contribution in [0.2, 0.25) is 0 Å². The summed E-state index contributed by atoms with van der Waals surface area (Å²) in [7, 11) is 0. The minimum absolute atomic E-state index is 0.0126. The van der Waals surface area contributed by atoms with Crippen molar-refractivity contribution in [2.75, 3.05) is 0 Å². The zero-order valence-corrected chi connectivity index (χ0v) is 12.7. The number of Topliss-reactive ketones (excluding diaryl/α,β-unsaturated/α-hetero) is 2. The maximum atomic E-state index is 13.0. The minimum atomic E-state index is -3.73. The zero-order valence-electron chi connectivity index (χ0n) is 12.7. The Morgan fingerprint density at radius 3 is 2.54 bits per heavy atom. The first kappa shape index (κ1) is 16.0. The minimum Gasteiger partial charge on any atom is -0.395 e. The molecule has 5 nitrogen and oxygen atoms in total. The van der Waals surface area contributed by atoms with Crippen LogP contribution in [-0.4, -0.2) is 22.8 Å². The summed E-state index contributed by atoms with van der Waals surface area (Å²) in [6.07, 6.45) is -2.28. The lowest BCUT2D eigenvalue weighted by Crippen LogP contribution is -2.25. The first-order valence-electron chi connectivity index (χ1n) is 7.23. The normalized spacial score (nSPS) is 14.5. The van der Waals surface area contributed by atoms with Crippen molar-refractivity contribution in [2.45, 2.75) is 26.1 Å². The molecule has 3 rings (SSSR count). The van der Waals surface area contributed by atoms with Crippen LogP contribution < -0.4 is 9.47 Å². The lowest BCUT2D eigenvalue weighted by atomic mass is 10.0. The Morgan fingerprint density at radius 1 is 1.08 bits per heavy atom. The van der Waals surface area contributed by atoms with E-state index in [1.165, 1.54) is 24.4 Å². The van der Waals surface area contributed by atoms with E-state index in [2.05, 4.69) is 14.5 Å². The molecular weight excluding hydrogens is 320 g/mol. The molecule has 0 saturated heterocycles. The van der Waals surface area contributed by atoms with Crippen molar-refractivity contribution in [3.63, 3.8) is 0 Å². The second-order valence-electron chi connectivity index (χ2n) is 5.34. The molecule has 2 aromatic rings. The highest BCUT2D eigenvalue weighted by atomic mass is 19.3. The molecule has 1 aliphatic rings. The number of fused-ring (bicyclic) bond motifs is 1. The molecule has 0 atom stereocenters. The van der Waals surface area contributed by atoms with E-state index < -0.39 is 6.29 Å². The Balaban J connectivity index is 1.66. The Kier molecular flexibility index (Phi) is 4.01. The van der Waals surface area contributed by atoms with Crippen LogP contribution in [0.5, 0.6) is 11.5 Å². The monoisotopic (exact) mass is 333 g/mol. The largest absolute Gasteiger partial charge is 0.586 e. The van der Waals surface area contributed by atoms with Crippen LogP contribution in [0.25, 0.3) is 0 Å². The number of hydrogen-bond acceptors (Lipinski definition) is 5. The van der Waals surface area contributed by atoms with Gasteiger partial charge in [0.05, 0.1) is 0 Å². The third-order valence-corrected chi connectivity index (χ3v) is 3.58. The molecule has 1 aliphatic heterocycles. The number of aryl methyl sites for hydroxylation is 1. The number of ketones is 2. The fourth-order valence-corrected chi connectivity index (χ4v) is 2.39. The van der Waals surface area contributed by atoms with Crippen LogP contribution in [0, 0.1) is 6.92 Å². The van der Waals surface area contributed by atoms with Gasteiger partial charge in [0.15, 0.2) is 23.1 Å². The van der Waals surface area contributed by atoms with Crippen LogP contribution in [-0.2, 0) is 0 Å². The molecule has 0 fully saturated rings. The molecule has 0 spiro atoms. The Morgan fingerprint density at radius 2 is 1.79 bits per heavy atom. The third-order valence-electron chi connectivity index (χ3n) is 3.58. The highest BCUT2D eigenvalue weighted by Gasteiger charge is 2.43. The molecule has 0 saturated carbocycles. The number of benzene rings is 1. The lowest BCUT2D eigenvalue weighted by molar-refractivity contribution is -0.286. The summed E-state index contributed by atoms with van der Waals surface area (Å²) in [6.45, 7) is 1.76. The highest BCUT2D eigenvalue weighted by Crippen LogP contribution is 2.41. The molecule has 24 heavy (non-hydrogen) atoms. The summed E-state index contributed by atoms with van der Waals surface area (Å²) >= 11 is 0. The number of aromatic nitrogens is 1. The number of hydrogen-bond donors (Lipinski definition) is 0. The SMILES string of the molecule is Cc1cccnc1C(=O)CCC(=O)c1ccc2c(c1)OC(F)(F)O2. The number of ether oxygens (including phenoxy) is 2. The van der Waals surface area contributed by atoms with Crippen LogP contribution >= 0.6 is 0 Å².